The number of pyridine rings is 1. The van der Waals surface area contributed by atoms with Crippen molar-refractivity contribution in [3.8, 4) is 17.4 Å². The van der Waals surface area contributed by atoms with Crippen LogP contribution in [0.1, 0.15) is 22.2 Å². The number of halogens is 4. The van der Waals surface area contributed by atoms with E-state index in [1.165, 1.54) is 36.1 Å². The molecule has 0 aliphatic carbocycles. The summed E-state index contributed by atoms with van der Waals surface area (Å²) in [6, 6.07) is 5.03. The number of carbonyl (C=O) groups excluding carboxylic acids is 2. The second kappa shape index (κ2) is 8.90. The highest BCUT2D eigenvalue weighted by Crippen LogP contribution is 2.45. The highest BCUT2D eigenvalue weighted by atomic mass is 32.1. The fraction of sp³-hybridized carbons (Fsp3) is 0.200. The van der Waals surface area contributed by atoms with E-state index in [1.807, 2.05) is 0 Å². The van der Waals surface area contributed by atoms with Crippen molar-refractivity contribution in [3.05, 3.63) is 47.0 Å². The number of thiazole rings is 1. The van der Waals surface area contributed by atoms with E-state index in [1.54, 1.807) is 0 Å². The summed E-state index contributed by atoms with van der Waals surface area (Å²) in [6.07, 6.45) is -2.82. The number of ketones is 1. The van der Waals surface area contributed by atoms with Crippen LogP contribution in [0.5, 0.6) is 17.4 Å². The Morgan fingerprint density at radius 2 is 1.89 bits per heavy atom. The second-order valence-corrected chi connectivity index (χ2v) is 8.03. The fourth-order valence-corrected chi connectivity index (χ4v) is 4.16. The minimum Gasteiger partial charge on any atom is -0.417 e. The first-order chi connectivity index (χ1) is 16.4. The Balaban J connectivity index is 1.68. The van der Waals surface area contributed by atoms with E-state index in [0.717, 1.165) is 23.6 Å². The third-order valence-corrected chi connectivity index (χ3v) is 5.79. The SMILES string of the molecule is C[C@H](C(N)=O)N(c1ccc2c(c1)OC(F)(F)O2)c1nc(N)c(C(=O)c2ccc(OC(F)F)nc2)s1. The maximum atomic E-state index is 13.4. The average molecular weight is 513 g/mol. The quantitative estimate of drug-likeness (QED) is 0.343. The minimum absolute atomic E-state index is 0.00771. The first kappa shape index (κ1) is 24.0. The molecule has 15 heteroatoms. The number of benzene rings is 1. The van der Waals surface area contributed by atoms with E-state index < -0.39 is 30.6 Å². The Hall–Kier alpha value is -4.14. The molecule has 0 saturated heterocycles. The van der Waals surface area contributed by atoms with Crippen molar-refractivity contribution in [2.45, 2.75) is 25.9 Å². The van der Waals surface area contributed by atoms with Crippen molar-refractivity contribution < 1.29 is 41.4 Å². The zero-order valence-electron chi connectivity index (χ0n) is 17.6. The number of anilines is 3. The summed E-state index contributed by atoms with van der Waals surface area (Å²) in [5, 5.41) is 0.0494. The number of aromatic nitrogens is 2. The van der Waals surface area contributed by atoms with Crippen molar-refractivity contribution in [2.24, 2.45) is 5.73 Å². The summed E-state index contributed by atoms with van der Waals surface area (Å²) in [7, 11) is 0. The molecule has 0 unspecified atom stereocenters. The van der Waals surface area contributed by atoms with Crippen molar-refractivity contribution in [2.75, 3.05) is 10.6 Å². The fourth-order valence-electron chi connectivity index (χ4n) is 3.11. The molecule has 4 N–H and O–H groups in total. The Kier molecular flexibility index (Phi) is 6.10. The smallest absolute Gasteiger partial charge is 0.417 e. The van der Waals surface area contributed by atoms with Gasteiger partial charge in [-0.25, -0.2) is 9.97 Å². The Morgan fingerprint density at radius 3 is 2.51 bits per heavy atom. The van der Waals surface area contributed by atoms with Gasteiger partial charge in [-0.3, -0.25) is 9.59 Å². The monoisotopic (exact) mass is 513 g/mol. The molecule has 3 heterocycles. The zero-order valence-corrected chi connectivity index (χ0v) is 18.4. The minimum atomic E-state index is -3.85. The summed E-state index contributed by atoms with van der Waals surface area (Å²) >= 11 is 0.792. The molecular weight excluding hydrogens is 498 g/mol. The number of nitrogen functional groups attached to an aromatic ring is 1. The van der Waals surface area contributed by atoms with E-state index in [0.29, 0.717) is 0 Å². The van der Waals surface area contributed by atoms with Gasteiger partial charge in [0.1, 0.15) is 16.7 Å². The van der Waals surface area contributed by atoms with Gasteiger partial charge in [0.2, 0.25) is 17.6 Å². The molecule has 0 spiro atoms. The molecule has 10 nitrogen and oxygen atoms in total. The molecule has 1 aromatic carbocycles. The number of carbonyl (C=O) groups is 2. The number of ether oxygens (including phenoxy) is 3. The standard InChI is InChI=1S/C20H15F4N5O5S/c1-8(17(26)31)29(10-3-4-11-12(6-10)34-20(23,24)33-11)19-28-16(25)15(35-19)14(30)9-2-5-13(27-7-9)32-18(21)22/h2-8,18H,25H2,1H3,(H2,26,31)/t8-/m1/s1. The van der Waals surface area contributed by atoms with Gasteiger partial charge >= 0.3 is 12.9 Å². The van der Waals surface area contributed by atoms with Gasteiger partial charge in [0.25, 0.3) is 0 Å². The number of hydrogen-bond acceptors (Lipinski definition) is 10. The molecule has 1 atom stereocenters. The number of fused-ring (bicyclic) bond motifs is 1. The molecular formula is C20H15F4N5O5S. The van der Waals surface area contributed by atoms with Gasteiger partial charge in [0, 0.05) is 29.6 Å². The average Bonchev–Trinajstić information content (AvgIpc) is 3.30. The summed E-state index contributed by atoms with van der Waals surface area (Å²) in [6.45, 7) is -1.64. The number of rotatable bonds is 8. The summed E-state index contributed by atoms with van der Waals surface area (Å²) in [4.78, 5) is 34.0. The van der Waals surface area contributed by atoms with Crippen LogP contribution in [0.25, 0.3) is 0 Å². The molecule has 184 valence electrons. The molecule has 1 aliphatic rings. The number of nitrogens with zero attached hydrogens (tertiary/aromatic N) is 3. The van der Waals surface area contributed by atoms with Crippen LogP contribution in [0.4, 0.5) is 34.2 Å². The Morgan fingerprint density at radius 1 is 1.17 bits per heavy atom. The lowest BCUT2D eigenvalue weighted by atomic mass is 10.1. The van der Waals surface area contributed by atoms with Gasteiger partial charge in [-0.15, -0.1) is 8.78 Å². The summed E-state index contributed by atoms with van der Waals surface area (Å²) in [5.74, 6) is -2.49. The van der Waals surface area contributed by atoms with E-state index in [4.69, 9.17) is 11.5 Å². The van der Waals surface area contributed by atoms with Crippen LogP contribution in [-0.2, 0) is 4.79 Å². The van der Waals surface area contributed by atoms with Crippen LogP contribution in [0.2, 0.25) is 0 Å². The largest absolute Gasteiger partial charge is 0.586 e. The Bertz CT molecular complexity index is 1290. The van der Waals surface area contributed by atoms with Crippen molar-refractivity contribution >= 4 is 39.7 Å². The van der Waals surface area contributed by atoms with Gasteiger partial charge in [-0.1, -0.05) is 11.3 Å². The lowest BCUT2D eigenvalue weighted by Crippen LogP contribution is -2.39. The number of primary amides is 1. The number of nitrogens with two attached hydrogens (primary N) is 2. The van der Waals surface area contributed by atoms with Gasteiger partial charge in [-0.05, 0) is 25.1 Å². The third kappa shape index (κ3) is 4.89. The number of hydrogen-bond donors (Lipinski definition) is 2. The van der Waals surface area contributed by atoms with Crippen molar-refractivity contribution in [3.63, 3.8) is 0 Å². The summed E-state index contributed by atoms with van der Waals surface area (Å²) < 4.78 is 64.5. The molecule has 0 bridgehead atoms. The first-order valence-corrected chi connectivity index (χ1v) is 10.5. The summed E-state index contributed by atoms with van der Waals surface area (Å²) in [5.41, 5.74) is 11.6. The lowest BCUT2D eigenvalue weighted by molar-refractivity contribution is -0.286. The zero-order chi connectivity index (χ0) is 25.5. The van der Waals surface area contributed by atoms with Crippen molar-refractivity contribution in [1.82, 2.24) is 9.97 Å². The number of alkyl halides is 4. The van der Waals surface area contributed by atoms with E-state index in [-0.39, 0.29) is 44.5 Å². The molecule has 1 aliphatic heterocycles. The first-order valence-electron chi connectivity index (χ1n) is 9.65. The van der Waals surface area contributed by atoms with Gasteiger partial charge in [-0.2, -0.15) is 8.78 Å². The molecule has 0 saturated carbocycles. The van der Waals surface area contributed by atoms with Gasteiger partial charge in [0.05, 0.1) is 0 Å². The van der Waals surface area contributed by atoms with Crippen LogP contribution < -0.4 is 30.6 Å². The number of amides is 1. The molecule has 4 rings (SSSR count). The van der Waals surface area contributed by atoms with Crippen LogP contribution in [0, 0.1) is 0 Å². The van der Waals surface area contributed by atoms with Crippen LogP contribution in [0.3, 0.4) is 0 Å². The van der Waals surface area contributed by atoms with Crippen LogP contribution in [0.15, 0.2) is 36.5 Å². The molecule has 0 radical (unpaired) electrons. The second-order valence-electron chi connectivity index (χ2n) is 7.05. The van der Waals surface area contributed by atoms with E-state index in [9.17, 15) is 27.2 Å². The van der Waals surface area contributed by atoms with Gasteiger partial charge < -0.3 is 30.6 Å². The van der Waals surface area contributed by atoms with Crippen LogP contribution >= 0.6 is 11.3 Å². The Labute approximate surface area is 198 Å². The van der Waals surface area contributed by atoms with Crippen molar-refractivity contribution in [1.29, 1.82) is 0 Å². The lowest BCUT2D eigenvalue weighted by Gasteiger charge is -2.26. The van der Waals surface area contributed by atoms with E-state index >= 15 is 0 Å². The molecule has 35 heavy (non-hydrogen) atoms. The van der Waals surface area contributed by atoms with E-state index in [2.05, 4.69) is 24.2 Å². The normalized spacial score (nSPS) is 14.6. The molecule has 1 amide bonds. The maximum absolute atomic E-state index is 13.4. The molecule has 3 aromatic rings. The predicted molar refractivity (Wildman–Crippen MR) is 114 cm³/mol. The predicted octanol–water partition coefficient (Wildman–Crippen LogP) is 3.29. The molecule has 2 aromatic heterocycles. The van der Waals surface area contributed by atoms with Crippen LogP contribution in [-0.4, -0.2) is 40.6 Å². The third-order valence-electron chi connectivity index (χ3n) is 4.72. The highest BCUT2D eigenvalue weighted by Gasteiger charge is 2.44. The maximum Gasteiger partial charge on any atom is 0.586 e. The molecule has 0 fully saturated rings. The highest BCUT2D eigenvalue weighted by molar-refractivity contribution is 7.18. The topological polar surface area (TPSA) is 143 Å². The van der Waals surface area contributed by atoms with Gasteiger partial charge in [0.15, 0.2) is 16.6 Å².